The third kappa shape index (κ3) is 4.71. The average Bonchev–Trinajstić information content (AvgIpc) is 3.08. The quantitative estimate of drug-likeness (QED) is 0.628. The number of aryl methyl sites for hydroxylation is 1. The van der Waals surface area contributed by atoms with E-state index < -0.39 is 11.7 Å². The predicted octanol–water partition coefficient (Wildman–Crippen LogP) is 4.93. The van der Waals surface area contributed by atoms with E-state index in [0.717, 1.165) is 23.4 Å². The van der Waals surface area contributed by atoms with Crippen LogP contribution in [0.2, 0.25) is 0 Å². The van der Waals surface area contributed by atoms with Crippen LogP contribution < -0.4 is 5.32 Å². The van der Waals surface area contributed by atoms with Crippen LogP contribution in [0.25, 0.3) is 5.69 Å². The SMILES string of the molecule is Cc1ccccc1-n1ccnc1SCC(=O)Nc1ccc(C(F)(F)F)cc1. The van der Waals surface area contributed by atoms with E-state index >= 15 is 0 Å². The molecule has 1 heterocycles. The largest absolute Gasteiger partial charge is 0.416 e. The molecule has 0 aliphatic carbocycles. The topological polar surface area (TPSA) is 46.9 Å². The number of amides is 1. The first-order chi connectivity index (χ1) is 12.8. The van der Waals surface area contributed by atoms with Crippen molar-refractivity contribution in [3.05, 3.63) is 72.1 Å². The van der Waals surface area contributed by atoms with Crippen molar-refractivity contribution in [2.45, 2.75) is 18.3 Å². The second-order valence-electron chi connectivity index (χ2n) is 5.78. The van der Waals surface area contributed by atoms with Gasteiger partial charge in [-0.15, -0.1) is 0 Å². The highest BCUT2D eigenvalue weighted by atomic mass is 32.2. The van der Waals surface area contributed by atoms with Crippen LogP contribution >= 0.6 is 11.8 Å². The number of halogens is 3. The molecule has 1 aromatic heterocycles. The molecule has 0 saturated heterocycles. The van der Waals surface area contributed by atoms with E-state index in [1.54, 1.807) is 6.20 Å². The maximum atomic E-state index is 12.6. The third-order valence-electron chi connectivity index (χ3n) is 3.81. The molecule has 3 aromatic rings. The number of para-hydroxylation sites is 1. The standard InChI is InChI=1S/C19H16F3N3OS/c1-13-4-2-3-5-16(13)25-11-10-23-18(25)27-12-17(26)24-15-8-6-14(7-9-15)19(20,21)22/h2-11H,12H2,1H3,(H,24,26). The van der Waals surface area contributed by atoms with E-state index in [2.05, 4.69) is 10.3 Å². The Balaban J connectivity index is 1.62. The summed E-state index contributed by atoms with van der Waals surface area (Å²) in [4.78, 5) is 16.4. The fourth-order valence-electron chi connectivity index (χ4n) is 2.48. The summed E-state index contributed by atoms with van der Waals surface area (Å²) in [5.41, 5.74) is 1.61. The summed E-state index contributed by atoms with van der Waals surface area (Å²) in [6.45, 7) is 1.99. The van der Waals surface area contributed by atoms with Crippen LogP contribution in [0.4, 0.5) is 18.9 Å². The Labute approximate surface area is 158 Å². The third-order valence-corrected chi connectivity index (χ3v) is 4.78. The number of nitrogens with one attached hydrogen (secondary N) is 1. The molecule has 1 amide bonds. The van der Waals surface area contributed by atoms with E-state index in [1.807, 2.05) is 42.0 Å². The lowest BCUT2D eigenvalue weighted by Gasteiger charge is -2.11. The molecule has 0 spiro atoms. The fourth-order valence-corrected chi connectivity index (χ4v) is 3.25. The monoisotopic (exact) mass is 391 g/mol. The molecule has 0 saturated carbocycles. The molecule has 140 valence electrons. The zero-order valence-corrected chi connectivity index (χ0v) is 15.1. The Bertz CT molecular complexity index is 936. The van der Waals surface area contributed by atoms with E-state index in [0.29, 0.717) is 10.8 Å². The van der Waals surface area contributed by atoms with Crippen LogP contribution in [0, 0.1) is 6.92 Å². The molecule has 8 heteroatoms. The molecule has 0 unspecified atom stereocenters. The minimum atomic E-state index is -4.40. The van der Waals surface area contributed by atoms with Gasteiger partial charge in [0, 0.05) is 18.1 Å². The molecule has 0 bridgehead atoms. The maximum absolute atomic E-state index is 12.6. The van der Waals surface area contributed by atoms with Crippen molar-refractivity contribution in [2.75, 3.05) is 11.1 Å². The zero-order chi connectivity index (χ0) is 19.4. The number of carbonyl (C=O) groups excluding carboxylic acids is 1. The summed E-state index contributed by atoms with van der Waals surface area (Å²) in [7, 11) is 0. The normalized spacial score (nSPS) is 11.4. The summed E-state index contributed by atoms with van der Waals surface area (Å²) in [6, 6.07) is 12.2. The van der Waals surface area contributed by atoms with Gasteiger partial charge in [0.25, 0.3) is 0 Å². The molecule has 0 aliphatic rings. The van der Waals surface area contributed by atoms with Gasteiger partial charge in [-0.1, -0.05) is 30.0 Å². The lowest BCUT2D eigenvalue weighted by molar-refractivity contribution is -0.137. The highest BCUT2D eigenvalue weighted by Gasteiger charge is 2.29. The van der Waals surface area contributed by atoms with Crippen LogP contribution in [0.3, 0.4) is 0 Å². The highest BCUT2D eigenvalue weighted by molar-refractivity contribution is 7.99. The van der Waals surface area contributed by atoms with Gasteiger partial charge in [-0.2, -0.15) is 13.2 Å². The molecule has 4 nitrogen and oxygen atoms in total. The first kappa shape index (κ1) is 19.0. The van der Waals surface area contributed by atoms with Crippen molar-refractivity contribution in [2.24, 2.45) is 0 Å². The number of hydrogen-bond acceptors (Lipinski definition) is 3. The highest BCUT2D eigenvalue weighted by Crippen LogP contribution is 2.30. The van der Waals surface area contributed by atoms with Crippen LogP contribution in [-0.4, -0.2) is 21.2 Å². The van der Waals surface area contributed by atoms with Crippen molar-refractivity contribution < 1.29 is 18.0 Å². The van der Waals surface area contributed by atoms with Gasteiger partial charge in [-0.05, 0) is 42.8 Å². The Morgan fingerprint density at radius 1 is 1.15 bits per heavy atom. The minimum Gasteiger partial charge on any atom is -0.325 e. The molecule has 1 N–H and O–H groups in total. The Hall–Kier alpha value is -2.74. The summed E-state index contributed by atoms with van der Waals surface area (Å²) >= 11 is 1.25. The molecule has 0 fully saturated rings. The Morgan fingerprint density at radius 2 is 1.85 bits per heavy atom. The van der Waals surface area contributed by atoms with Crippen molar-refractivity contribution >= 4 is 23.4 Å². The van der Waals surface area contributed by atoms with Crippen molar-refractivity contribution in [3.63, 3.8) is 0 Å². The fraction of sp³-hybridized carbons (Fsp3) is 0.158. The maximum Gasteiger partial charge on any atom is 0.416 e. The summed E-state index contributed by atoms with van der Waals surface area (Å²) < 4.78 is 39.6. The molecule has 0 atom stereocenters. The predicted molar refractivity (Wildman–Crippen MR) is 99.1 cm³/mol. The number of alkyl halides is 3. The number of benzene rings is 2. The molecule has 3 rings (SSSR count). The second-order valence-corrected chi connectivity index (χ2v) is 6.72. The number of rotatable bonds is 5. The summed E-state index contributed by atoms with van der Waals surface area (Å²) in [5, 5.41) is 3.25. The van der Waals surface area contributed by atoms with E-state index in [9.17, 15) is 18.0 Å². The van der Waals surface area contributed by atoms with Crippen LogP contribution in [0.1, 0.15) is 11.1 Å². The van der Waals surface area contributed by atoms with E-state index in [1.165, 1.54) is 23.9 Å². The number of carbonyl (C=O) groups is 1. The molecule has 0 radical (unpaired) electrons. The number of hydrogen-bond donors (Lipinski definition) is 1. The van der Waals surface area contributed by atoms with E-state index in [4.69, 9.17) is 0 Å². The van der Waals surface area contributed by atoms with Crippen molar-refractivity contribution in [1.82, 2.24) is 9.55 Å². The first-order valence-electron chi connectivity index (χ1n) is 8.04. The minimum absolute atomic E-state index is 0.0872. The summed E-state index contributed by atoms with van der Waals surface area (Å²) in [6.07, 6.45) is -0.925. The van der Waals surface area contributed by atoms with Gasteiger partial charge in [-0.3, -0.25) is 9.36 Å². The Morgan fingerprint density at radius 3 is 2.52 bits per heavy atom. The van der Waals surface area contributed by atoms with E-state index in [-0.39, 0.29) is 11.7 Å². The number of thioether (sulfide) groups is 1. The van der Waals surface area contributed by atoms with Crippen molar-refractivity contribution in [3.8, 4) is 5.69 Å². The van der Waals surface area contributed by atoms with Crippen LogP contribution in [0.15, 0.2) is 66.1 Å². The number of nitrogens with zero attached hydrogens (tertiary/aromatic N) is 2. The van der Waals surface area contributed by atoms with Crippen LogP contribution in [0.5, 0.6) is 0 Å². The lowest BCUT2D eigenvalue weighted by Crippen LogP contribution is -2.15. The molecule has 2 aromatic carbocycles. The number of anilines is 1. The van der Waals surface area contributed by atoms with Gasteiger partial charge in [0.05, 0.1) is 17.0 Å². The van der Waals surface area contributed by atoms with Gasteiger partial charge in [0.2, 0.25) is 5.91 Å². The average molecular weight is 391 g/mol. The molecule has 0 aliphatic heterocycles. The first-order valence-corrected chi connectivity index (χ1v) is 9.02. The molecular weight excluding hydrogens is 375 g/mol. The van der Waals surface area contributed by atoms with Gasteiger partial charge in [0.15, 0.2) is 5.16 Å². The number of aromatic nitrogens is 2. The second kappa shape index (κ2) is 7.87. The van der Waals surface area contributed by atoms with Crippen molar-refractivity contribution in [1.29, 1.82) is 0 Å². The Kier molecular flexibility index (Phi) is 5.55. The summed E-state index contributed by atoms with van der Waals surface area (Å²) in [5.74, 6) is -0.233. The van der Waals surface area contributed by atoms with Gasteiger partial charge >= 0.3 is 6.18 Å². The van der Waals surface area contributed by atoms with Gasteiger partial charge in [-0.25, -0.2) is 4.98 Å². The molecular formula is C19H16F3N3OS. The van der Waals surface area contributed by atoms with Crippen LogP contribution in [-0.2, 0) is 11.0 Å². The van der Waals surface area contributed by atoms with Gasteiger partial charge in [0.1, 0.15) is 0 Å². The van der Waals surface area contributed by atoms with Gasteiger partial charge < -0.3 is 5.32 Å². The smallest absolute Gasteiger partial charge is 0.325 e. The lowest BCUT2D eigenvalue weighted by atomic mass is 10.2. The zero-order valence-electron chi connectivity index (χ0n) is 14.3. The molecule has 27 heavy (non-hydrogen) atoms. The number of imidazole rings is 1.